The number of amides is 1. The monoisotopic (exact) mass is 387 g/mol. The summed E-state index contributed by atoms with van der Waals surface area (Å²) >= 11 is 0. The minimum Gasteiger partial charge on any atom is -0.496 e. The Hall–Kier alpha value is -3.31. The number of benzene rings is 3. The van der Waals surface area contributed by atoms with E-state index in [1.165, 1.54) is 0 Å². The lowest BCUT2D eigenvalue weighted by Crippen LogP contribution is -2.11. The van der Waals surface area contributed by atoms with Crippen LogP contribution in [0.25, 0.3) is 21.8 Å². The van der Waals surface area contributed by atoms with Crippen molar-refractivity contribution in [3.8, 4) is 5.75 Å². The van der Waals surface area contributed by atoms with Crippen molar-refractivity contribution in [2.75, 3.05) is 14.2 Å². The molecule has 0 aliphatic carbocycles. The van der Waals surface area contributed by atoms with Gasteiger partial charge in [0, 0.05) is 30.0 Å². The van der Waals surface area contributed by atoms with E-state index < -0.39 is 5.91 Å². The van der Waals surface area contributed by atoms with E-state index in [-0.39, 0.29) is 0 Å². The lowest BCUT2D eigenvalue weighted by molar-refractivity contribution is 0.100. The molecule has 0 bridgehead atoms. The molecule has 0 aliphatic heterocycles. The van der Waals surface area contributed by atoms with Gasteiger partial charge >= 0.3 is 0 Å². The molecule has 1 amide bonds. The van der Waals surface area contributed by atoms with Crippen LogP contribution in [0, 0.1) is 13.0 Å². The summed E-state index contributed by atoms with van der Waals surface area (Å²) in [5.41, 5.74) is 11.4. The van der Waals surface area contributed by atoms with E-state index in [1.807, 2.05) is 31.2 Å². The number of rotatable bonds is 6. The van der Waals surface area contributed by atoms with Gasteiger partial charge in [-0.05, 0) is 60.0 Å². The third-order valence-corrected chi connectivity index (χ3v) is 5.23. The van der Waals surface area contributed by atoms with Crippen molar-refractivity contribution < 1.29 is 14.3 Å². The number of hydrogen-bond acceptors (Lipinski definition) is 3. The average Bonchev–Trinajstić information content (AvgIpc) is 3.01. The summed E-state index contributed by atoms with van der Waals surface area (Å²) in [6.45, 7) is 3.18. The number of hydrogen-bond donors (Lipinski definition) is 1. The molecule has 0 fully saturated rings. The third kappa shape index (κ3) is 3.34. The zero-order valence-corrected chi connectivity index (χ0v) is 16.8. The Kier molecular flexibility index (Phi) is 4.99. The van der Waals surface area contributed by atoms with Crippen molar-refractivity contribution in [1.82, 2.24) is 4.57 Å². The van der Waals surface area contributed by atoms with Gasteiger partial charge in [0.2, 0.25) is 5.91 Å². The highest BCUT2D eigenvalue weighted by atomic mass is 16.5. The standard InChI is InChI=1S/C24H23N2O3/c1-15-11-16(8-10-22(15)29-3)13-26-20-6-4-5-19(24(25)27)23(20)18-9-7-17(14-28-2)12-21(18)26/h4-8,10-12H,13-14H2,1-3H3,(H2,25,27). The Morgan fingerprint density at radius 3 is 2.62 bits per heavy atom. The second-order valence-corrected chi connectivity index (χ2v) is 7.16. The highest BCUT2D eigenvalue weighted by Gasteiger charge is 2.17. The Labute approximate surface area is 169 Å². The topological polar surface area (TPSA) is 66.5 Å². The maximum atomic E-state index is 12.1. The van der Waals surface area contributed by atoms with Gasteiger partial charge < -0.3 is 19.8 Å². The minimum absolute atomic E-state index is 0.440. The van der Waals surface area contributed by atoms with Crippen molar-refractivity contribution in [2.24, 2.45) is 5.73 Å². The van der Waals surface area contributed by atoms with E-state index in [0.29, 0.717) is 18.7 Å². The van der Waals surface area contributed by atoms with Crippen LogP contribution in [0.2, 0.25) is 0 Å². The molecule has 5 heteroatoms. The van der Waals surface area contributed by atoms with Gasteiger partial charge in [0.25, 0.3) is 0 Å². The van der Waals surface area contributed by atoms with Crippen molar-refractivity contribution in [3.05, 3.63) is 76.9 Å². The molecule has 2 N–H and O–H groups in total. The van der Waals surface area contributed by atoms with Crippen LogP contribution >= 0.6 is 0 Å². The summed E-state index contributed by atoms with van der Waals surface area (Å²) in [7, 11) is 3.35. The molecule has 1 radical (unpaired) electrons. The van der Waals surface area contributed by atoms with E-state index in [2.05, 4.69) is 28.8 Å². The second-order valence-electron chi connectivity index (χ2n) is 7.16. The summed E-state index contributed by atoms with van der Waals surface area (Å²) in [5, 5.41) is 1.73. The lowest BCUT2D eigenvalue weighted by Gasteiger charge is -2.11. The van der Waals surface area contributed by atoms with Crippen LogP contribution in [0.3, 0.4) is 0 Å². The number of carbonyl (C=O) groups excluding carboxylic acids is 1. The second kappa shape index (κ2) is 7.60. The highest BCUT2D eigenvalue weighted by molar-refractivity contribution is 6.17. The number of aromatic nitrogens is 1. The van der Waals surface area contributed by atoms with Crippen LogP contribution < -0.4 is 10.5 Å². The van der Waals surface area contributed by atoms with E-state index in [1.54, 1.807) is 20.3 Å². The molecule has 29 heavy (non-hydrogen) atoms. The van der Waals surface area contributed by atoms with Gasteiger partial charge in [-0.1, -0.05) is 18.2 Å². The molecule has 1 heterocycles. The Morgan fingerprint density at radius 2 is 1.93 bits per heavy atom. The van der Waals surface area contributed by atoms with Crippen LogP contribution in [0.4, 0.5) is 0 Å². The minimum atomic E-state index is -0.440. The zero-order valence-electron chi connectivity index (χ0n) is 16.8. The van der Waals surface area contributed by atoms with Gasteiger partial charge in [0.05, 0.1) is 24.8 Å². The Morgan fingerprint density at radius 1 is 1.10 bits per heavy atom. The molecule has 0 spiro atoms. The Balaban J connectivity index is 1.97. The summed E-state index contributed by atoms with van der Waals surface area (Å²) in [6, 6.07) is 19.2. The fraction of sp³-hybridized carbons (Fsp3) is 0.208. The SMILES string of the molecule is COCc1c[c]c2c3c(C(N)=O)cccc3n(Cc3ccc(OC)c(C)c3)c2c1. The first-order valence-electron chi connectivity index (χ1n) is 9.41. The van der Waals surface area contributed by atoms with Gasteiger partial charge in [-0.25, -0.2) is 0 Å². The van der Waals surface area contributed by atoms with E-state index in [9.17, 15) is 4.79 Å². The molecule has 147 valence electrons. The van der Waals surface area contributed by atoms with Crippen LogP contribution in [-0.2, 0) is 17.9 Å². The molecule has 4 aromatic rings. The van der Waals surface area contributed by atoms with Gasteiger partial charge in [-0.3, -0.25) is 4.79 Å². The smallest absolute Gasteiger partial charge is 0.249 e. The quantitative estimate of drug-likeness (QED) is 0.539. The van der Waals surface area contributed by atoms with Gasteiger partial charge in [-0.2, -0.15) is 0 Å². The van der Waals surface area contributed by atoms with Gasteiger partial charge in [-0.15, -0.1) is 0 Å². The Bertz CT molecular complexity index is 1220. The number of carbonyl (C=O) groups is 1. The normalized spacial score (nSPS) is 11.3. The predicted molar refractivity (Wildman–Crippen MR) is 114 cm³/mol. The summed E-state index contributed by atoms with van der Waals surface area (Å²) < 4.78 is 12.9. The van der Waals surface area contributed by atoms with Crippen LogP contribution in [0.15, 0.2) is 48.5 Å². The molecule has 0 saturated carbocycles. The molecule has 0 unspecified atom stereocenters. The van der Waals surface area contributed by atoms with Crippen LogP contribution in [0.5, 0.6) is 5.75 Å². The molecular weight excluding hydrogens is 364 g/mol. The molecule has 4 rings (SSSR count). The van der Waals surface area contributed by atoms with Crippen molar-refractivity contribution >= 4 is 27.7 Å². The number of ether oxygens (including phenoxy) is 2. The number of primary amides is 1. The van der Waals surface area contributed by atoms with Crippen LogP contribution in [-0.4, -0.2) is 24.7 Å². The summed E-state index contributed by atoms with van der Waals surface area (Å²) in [4.78, 5) is 12.1. The first kappa shape index (κ1) is 19.0. The third-order valence-electron chi connectivity index (χ3n) is 5.23. The lowest BCUT2D eigenvalue weighted by atomic mass is 10.0. The van der Waals surface area contributed by atoms with Gasteiger partial charge in [0.1, 0.15) is 5.75 Å². The fourth-order valence-corrected chi connectivity index (χ4v) is 3.95. The number of nitrogens with two attached hydrogens (primary N) is 1. The predicted octanol–water partition coefficient (Wildman–Crippen LogP) is 4.21. The summed E-state index contributed by atoms with van der Waals surface area (Å²) in [6.07, 6.45) is 0. The van der Waals surface area contributed by atoms with E-state index >= 15 is 0 Å². The van der Waals surface area contributed by atoms with Crippen molar-refractivity contribution in [1.29, 1.82) is 0 Å². The number of nitrogens with zero attached hydrogens (tertiary/aromatic N) is 1. The maximum Gasteiger partial charge on any atom is 0.249 e. The first-order chi connectivity index (χ1) is 14.0. The first-order valence-corrected chi connectivity index (χ1v) is 9.41. The summed E-state index contributed by atoms with van der Waals surface area (Å²) in [5.74, 6) is 0.423. The largest absolute Gasteiger partial charge is 0.496 e. The highest BCUT2D eigenvalue weighted by Crippen LogP contribution is 2.33. The van der Waals surface area contributed by atoms with Gasteiger partial charge in [0.15, 0.2) is 0 Å². The average molecular weight is 387 g/mol. The number of aryl methyl sites for hydroxylation is 1. The molecule has 0 saturated heterocycles. The van der Waals surface area contributed by atoms with Crippen molar-refractivity contribution in [2.45, 2.75) is 20.1 Å². The van der Waals surface area contributed by atoms with E-state index in [0.717, 1.165) is 44.2 Å². The fourth-order valence-electron chi connectivity index (χ4n) is 3.95. The number of methoxy groups -OCH3 is 2. The molecule has 5 nitrogen and oxygen atoms in total. The maximum absolute atomic E-state index is 12.1. The van der Waals surface area contributed by atoms with Crippen molar-refractivity contribution in [3.63, 3.8) is 0 Å². The molecule has 0 atom stereocenters. The number of fused-ring (bicyclic) bond motifs is 3. The molecular formula is C24H23N2O3. The zero-order chi connectivity index (χ0) is 20.5. The molecule has 0 aliphatic rings. The van der Waals surface area contributed by atoms with E-state index in [4.69, 9.17) is 15.2 Å². The molecule has 1 aromatic heterocycles. The van der Waals surface area contributed by atoms with Crippen LogP contribution in [0.1, 0.15) is 27.0 Å². The molecule has 3 aromatic carbocycles.